The molecule has 28 heavy (non-hydrogen) atoms. The molecule has 0 bridgehead atoms. The number of ether oxygens (including phenoxy) is 1. The zero-order valence-corrected chi connectivity index (χ0v) is 16.7. The van der Waals surface area contributed by atoms with Gasteiger partial charge < -0.3 is 20.7 Å². The standard InChI is InChI=1S/C22H29N3O3/c1-4-5-14-23-22(27)17-6-8-19(9-7-17)25-21(26)15-24-18-10-12-20(13-11-18)28-16(2)3/h6-13,16,24H,4-5,14-15H2,1-3H3,(H,23,27)(H,25,26). The first-order valence-corrected chi connectivity index (χ1v) is 9.66. The van der Waals surface area contributed by atoms with Gasteiger partial charge in [0.1, 0.15) is 5.75 Å². The van der Waals surface area contributed by atoms with Crippen LogP contribution in [0.3, 0.4) is 0 Å². The van der Waals surface area contributed by atoms with Gasteiger partial charge in [-0.2, -0.15) is 0 Å². The molecule has 2 rings (SSSR count). The van der Waals surface area contributed by atoms with Gasteiger partial charge in [-0.25, -0.2) is 0 Å². The minimum absolute atomic E-state index is 0.0992. The lowest BCUT2D eigenvalue weighted by atomic mass is 10.2. The van der Waals surface area contributed by atoms with E-state index in [2.05, 4.69) is 22.9 Å². The number of carbonyl (C=O) groups excluding carboxylic acids is 2. The van der Waals surface area contributed by atoms with Crippen LogP contribution in [0.4, 0.5) is 11.4 Å². The summed E-state index contributed by atoms with van der Waals surface area (Å²) in [6, 6.07) is 14.3. The number of carbonyl (C=O) groups is 2. The second-order valence-corrected chi connectivity index (χ2v) is 6.78. The quantitative estimate of drug-likeness (QED) is 0.541. The van der Waals surface area contributed by atoms with Crippen LogP contribution < -0.4 is 20.7 Å². The number of nitrogens with one attached hydrogen (secondary N) is 3. The molecule has 6 nitrogen and oxygen atoms in total. The maximum atomic E-state index is 12.1. The van der Waals surface area contributed by atoms with E-state index in [4.69, 9.17) is 4.74 Å². The van der Waals surface area contributed by atoms with E-state index in [0.717, 1.165) is 24.3 Å². The minimum Gasteiger partial charge on any atom is -0.491 e. The summed E-state index contributed by atoms with van der Waals surface area (Å²) in [6.07, 6.45) is 2.12. The van der Waals surface area contributed by atoms with Crippen LogP contribution in [0.5, 0.6) is 5.75 Å². The summed E-state index contributed by atoms with van der Waals surface area (Å²) in [6.45, 7) is 6.84. The Hall–Kier alpha value is -3.02. The second kappa shape index (κ2) is 11.0. The van der Waals surface area contributed by atoms with Crippen LogP contribution in [-0.2, 0) is 4.79 Å². The number of hydrogen-bond donors (Lipinski definition) is 3. The predicted molar refractivity (Wildman–Crippen MR) is 113 cm³/mol. The van der Waals surface area contributed by atoms with Crippen LogP contribution in [0.25, 0.3) is 0 Å². The molecule has 0 spiro atoms. The van der Waals surface area contributed by atoms with Gasteiger partial charge in [0, 0.05) is 23.5 Å². The number of rotatable bonds is 10. The van der Waals surface area contributed by atoms with Crippen LogP contribution in [0.1, 0.15) is 44.0 Å². The average Bonchev–Trinajstić information content (AvgIpc) is 2.68. The van der Waals surface area contributed by atoms with Crippen LogP contribution in [0.15, 0.2) is 48.5 Å². The van der Waals surface area contributed by atoms with E-state index in [1.54, 1.807) is 24.3 Å². The minimum atomic E-state index is -0.164. The van der Waals surface area contributed by atoms with E-state index in [0.29, 0.717) is 17.8 Å². The number of hydrogen-bond acceptors (Lipinski definition) is 4. The molecule has 0 saturated heterocycles. The van der Waals surface area contributed by atoms with Crippen molar-refractivity contribution in [2.45, 2.75) is 39.7 Å². The molecule has 0 atom stereocenters. The number of amides is 2. The summed E-state index contributed by atoms with van der Waals surface area (Å²) in [5.41, 5.74) is 2.07. The largest absolute Gasteiger partial charge is 0.491 e. The maximum Gasteiger partial charge on any atom is 0.251 e. The topological polar surface area (TPSA) is 79.5 Å². The van der Waals surface area contributed by atoms with Gasteiger partial charge in [-0.05, 0) is 68.8 Å². The van der Waals surface area contributed by atoms with Crippen LogP contribution >= 0.6 is 0 Å². The molecule has 2 aromatic rings. The number of benzene rings is 2. The Labute approximate surface area is 166 Å². The zero-order chi connectivity index (χ0) is 20.4. The summed E-state index contributed by atoms with van der Waals surface area (Å²) in [5, 5.41) is 8.75. The van der Waals surface area contributed by atoms with Gasteiger partial charge in [0.25, 0.3) is 5.91 Å². The van der Waals surface area contributed by atoms with Crippen molar-refractivity contribution < 1.29 is 14.3 Å². The van der Waals surface area contributed by atoms with E-state index in [-0.39, 0.29) is 24.5 Å². The lowest BCUT2D eigenvalue weighted by molar-refractivity contribution is -0.114. The maximum absolute atomic E-state index is 12.1. The summed E-state index contributed by atoms with van der Waals surface area (Å²) < 4.78 is 5.59. The van der Waals surface area contributed by atoms with E-state index in [1.807, 2.05) is 38.1 Å². The third-order valence-electron chi connectivity index (χ3n) is 3.93. The molecule has 0 heterocycles. The highest BCUT2D eigenvalue weighted by Gasteiger charge is 2.06. The smallest absolute Gasteiger partial charge is 0.251 e. The van der Waals surface area contributed by atoms with Crippen molar-refractivity contribution in [2.75, 3.05) is 23.7 Å². The molecule has 0 fully saturated rings. The molecule has 2 aromatic carbocycles. The lowest BCUT2D eigenvalue weighted by Gasteiger charge is -2.11. The third kappa shape index (κ3) is 7.31. The van der Waals surface area contributed by atoms with Crippen LogP contribution in [0.2, 0.25) is 0 Å². The third-order valence-corrected chi connectivity index (χ3v) is 3.93. The molecule has 150 valence electrons. The Balaban J connectivity index is 1.78. The van der Waals surface area contributed by atoms with Crippen LogP contribution in [0, 0.1) is 0 Å². The summed E-state index contributed by atoms with van der Waals surface area (Å²) in [4.78, 5) is 24.1. The first kappa shape index (κ1) is 21.3. The lowest BCUT2D eigenvalue weighted by Crippen LogP contribution is -2.24. The second-order valence-electron chi connectivity index (χ2n) is 6.78. The highest BCUT2D eigenvalue weighted by molar-refractivity contribution is 5.96. The first-order valence-electron chi connectivity index (χ1n) is 9.66. The zero-order valence-electron chi connectivity index (χ0n) is 16.7. The molecule has 0 aliphatic heterocycles. The molecule has 0 radical (unpaired) electrons. The molecule has 0 saturated carbocycles. The monoisotopic (exact) mass is 383 g/mol. The fraction of sp³-hybridized carbons (Fsp3) is 0.364. The van der Waals surface area contributed by atoms with E-state index < -0.39 is 0 Å². The Morgan fingerprint density at radius 3 is 2.21 bits per heavy atom. The fourth-order valence-corrected chi connectivity index (χ4v) is 2.50. The van der Waals surface area contributed by atoms with Gasteiger partial charge in [-0.1, -0.05) is 13.3 Å². The Morgan fingerprint density at radius 2 is 1.61 bits per heavy atom. The Bertz CT molecular complexity index is 756. The normalized spacial score (nSPS) is 10.4. The van der Waals surface area contributed by atoms with E-state index in [1.165, 1.54) is 0 Å². The van der Waals surface area contributed by atoms with Gasteiger partial charge >= 0.3 is 0 Å². The van der Waals surface area contributed by atoms with Crippen molar-refractivity contribution >= 4 is 23.2 Å². The molecule has 0 aromatic heterocycles. The molecule has 2 amide bonds. The molecule has 3 N–H and O–H groups in total. The van der Waals surface area contributed by atoms with Gasteiger partial charge in [0.2, 0.25) is 5.91 Å². The number of unbranched alkanes of at least 4 members (excludes halogenated alkanes) is 1. The fourth-order valence-electron chi connectivity index (χ4n) is 2.50. The first-order chi connectivity index (χ1) is 13.5. The molecule has 6 heteroatoms. The predicted octanol–water partition coefficient (Wildman–Crippen LogP) is 4.05. The molecule has 0 aliphatic rings. The molecular weight excluding hydrogens is 354 g/mol. The summed E-state index contributed by atoms with van der Waals surface area (Å²) in [5.74, 6) is 0.532. The Kier molecular flexibility index (Phi) is 8.34. The van der Waals surface area contributed by atoms with Gasteiger partial charge in [-0.3, -0.25) is 9.59 Å². The van der Waals surface area contributed by atoms with Gasteiger partial charge in [0.15, 0.2) is 0 Å². The van der Waals surface area contributed by atoms with Crippen LogP contribution in [-0.4, -0.2) is 31.0 Å². The molecule has 0 aliphatic carbocycles. The van der Waals surface area contributed by atoms with Gasteiger partial charge in [0.05, 0.1) is 12.6 Å². The molecular formula is C22H29N3O3. The number of anilines is 2. The van der Waals surface area contributed by atoms with Gasteiger partial charge in [-0.15, -0.1) is 0 Å². The van der Waals surface area contributed by atoms with Crippen molar-refractivity contribution in [3.8, 4) is 5.75 Å². The van der Waals surface area contributed by atoms with Crippen molar-refractivity contribution in [2.24, 2.45) is 0 Å². The summed E-state index contributed by atoms with van der Waals surface area (Å²) >= 11 is 0. The van der Waals surface area contributed by atoms with Crippen molar-refractivity contribution in [3.05, 3.63) is 54.1 Å². The highest BCUT2D eigenvalue weighted by atomic mass is 16.5. The SMILES string of the molecule is CCCCNC(=O)c1ccc(NC(=O)CNc2ccc(OC(C)C)cc2)cc1. The summed E-state index contributed by atoms with van der Waals surface area (Å²) in [7, 11) is 0. The average molecular weight is 383 g/mol. The van der Waals surface area contributed by atoms with E-state index in [9.17, 15) is 9.59 Å². The van der Waals surface area contributed by atoms with Crippen molar-refractivity contribution in [1.29, 1.82) is 0 Å². The Morgan fingerprint density at radius 1 is 0.964 bits per heavy atom. The van der Waals surface area contributed by atoms with Crippen molar-refractivity contribution in [1.82, 2.24) is 5.32 Å². The molecule has 0 unspecified atom stereocenters. The van der Waals surface area contributed by atoms with E-state index >= 15 is 0 Å². The highest BCUT2D eigenvalue weighted by Crippen LogP contribution is 2.17. The van der Waals surface area contributed by atoms with Crippen molar-refractivity contribution in [3.63, 3.8) is 0 Å².